The average molecular weight is 204 g/mol. The Labute approximate surface area is 90.1 Å². The monoisotopic (exact) mass is 204 g/mol. The molecule has 0 spiro atoms. The number of nitrogens with zero attached hydrogens (tertiary/aromatic N) is 2. The van der Waals surface area contributed by atoms with E-state index in [0.717, 1.165) is 24.9 Å². The lowest BCUT2D eigenvalue weighted by molar-refractivity contribution is -0.129. The van der Waals surface area contributed by atoms with Crippen molar-refractivity contribution in [1.29, 1.82) is 0 Å². The summed E-state index contributed by atoms with van der Waals surface area (Å²) in [6.45, 7) is 4.55. The number of pyridine rings is 1. The third-order valence-corrected chi connectivity index (χ3v) is 2.94. The summed E-state index contributed by atoms with van der Waals surface area (Å²) in [5, 5.41) is 0. The van der Waals surface area contributed by atoms with Crippen molar-refractivity contribution in [1.82, 2.24) is 9.88 Å². The van der Waals surface area contributed by atoms with Gasteiger partial charge in [-0.1, -0.05) is 6.07 Å². The molecule has 1 aliphatic rings. The summed E-state index contributed by atoms with van der Waals surface area (Å²) in [6, 6.07) is 2.37. The van der Waals surface area contributed by atoms with Crippen LogP contribution in [-0.4, -0.2) is 22.3 Å². The van der Waals surface area contributed by atoms with Crippen molar-refractivity contribution in [3.63, 3.8) is 0 Å². The van der Waals surface area contributed by atoms with Gasteiger partial charge in [-0.2, -0.15) is 0 Å². The van der Waals surface area contributed by atoms with Crippen LogP contribution in [0.2, 0.25) is 0 Å². The van der Waals surface area contributed by atoms with Crippen LogP contribution in [-0.2, 0) is 4.79 Å². The van der Waals surface area contributed by atoms with Crippen molar-refractivity contribution >= 4 is 5.91 Å². The molecule has 0 N–H and O–H groups in total. The maximum absolute atomic E-state index is 11.4. The predicted octanol–water partition coefficient (Wildman–Crippen LogP) is 2.07. The molecule has 1 aliphatic heterocycles. The number of carbonyl (C=O) groups excluding carboxylic acids is 1. The zero-order valence-corrected chi connectivity index (χ0v) is 9.23. The minimum absolute atomic E-state index is 0.166. The van der Waals surface area contributed by atoms with Gasteiger partial charge < -0.3 is 4.90 Å². The summed E-state index contributed by atoms with van der Waals surface area (Å²) in [7, 11) is 0. The Morgan fingerprint density at radius 1 is 1.53 bits per heavy atom. The number of rotatable bonds is 1. The molecular formula is C12H16N2O. The van der Waals surface area contributed by atoms with Crippen molar-refractivity contribution < 1.29 is 4.79 Å². The molecule has 1 amide bonds. The van der Waals surface area contributed by atoms with Crippen LogP contribution >= 0.6 is 0 Å². The Kier molecular flexibility index (Phi) is 2.71. The lowest BCUT2D eigenvalue weighted by Gasteiger charge is -2.23. The Morgan fingerprint density at radius 2 is 2.33 bits per heavy atom. The van der Waals surface area contributed by atoms with Gasteiger partial charge in [0.2, 0.25) is 5.91 Å². The van der Waals surface area contributed by atoms with Crippen LogP contribution in [0.15, 0.2) is 18.5 Å². The maximum atomic E-state index is 11.4. The van der Waals surface area contributed by atoms with E-state index in [1.54, 1.807) is 6.92 Å². The molecule has 0 aromatic carbocycles. The van der Waals surface area contributed by atoms with E-state index in [1.165, 1.54) is 5.56 Å². The van der Waals surface area contributed by atoms with Crippen molar-refractivity contribution in [2.45, 2.75) is 32.7 Å². The summed E-state index contributed by atoms with van der Waals surface area (Å²) in [6.07, 6.45) is 5.87. The number of carbonyl (C=O) groups is 1. The van der Waals surface area contributed by atoms with Crippen LogP contribution in [0.5, 0.6) is 0 Å². The fourth-order valence-electron chi connectivity index (χ4n) is 2.25. The molecular weight excluding hydrogens is 188 g/mol. The molecule has 1 aromatic heterocycles. The number of aryl methyl sites for hydroxylation is 1. The first-order valence-corrected chi connectivity index (χ1v) is 5.37. The quantitative estimate of drug-likeness (QED) is 0.701. The molecule has 0 bridgehead atoms. The first-order chi connectivity index (χ1) is 7.18. The lowest BCUT2D eigenvalue weighted by Crippen LogP contribution is -2.28. The molecule has 1 saturated heterocycles. The van der Waals surface area contributed by atoms with Gasteiger partial charge in [0.15, 0.2) is 0 Å². The second kappa shape index (κ2) is 4.01. The van der Waals surface area contributed by atoms with E-state index in [2.05, 4.69) is 11.1 Å². The number of amides is 1. The Balaban J connectivity index is 2.26. The standard InChI is InChI=1S/C12H16N2O/c1-9-6-11(8-13-7-9)12-4-3-5-14(12)10(2)15/h6-8,12H,3-5H2,1-2H3/t12-/m0/s1. The molecule has 2 rings (SSSR count). The molecule has 1 aromatic rings. The first-order valence-electron chi connectivity index (χ1n) is 5.37. The summed E-state index contributed by atoms with van der Waals surface area (Å²) in [5.74, 6) is 0.166. The van der Waals surface area contributed by atoms with Gasteiger partial charge in [-0.25, -0.2) is 0 Å². The van der Waals surface area contributed by atoms with Gasteiger partial charge in [-0.3, -0.25) is 9.78 Å². The molecule has 3 nitrogen and oxygen atoms in total. The van der Waals surface area contributed by atoms with E-state index in [1.807, 2.05) is 24.2 Å². The van der Waals surface area contributed by atoms with Crippen LogP contribution in [0.3, 0.4) is 0 Å². The van der Waals surface area contributed by atoms with E-state index in [4.69, 9.17) is 0 Å². The molecule has 0 unspecified atom stereocenters. The SMILES string of the molecule is CC(=O)N1CCC[C@H]1c1cncc(C)c1. The topological polar surface area (TPSA) is 33.2 Å². The van der Waals surface area contributed by atoms with Gasteiger partial charge in [0.1, 0.15) is 0 Å². The van der Waals surface area contributed by atoms with Gasteiger partial charge in [-0.05, 0) is 30.9 Å². The highest BCUT2D eigenvalue weighted by Gasteiger charge is 2.27. The smallest absolute Gasteiger partial charge is 0.219 e. The average Bonchev–Trinajstić information content (AvgIpc) is 2.65. The number of aromatic nitrogens is 1. The second-order valence-electron chi connectivity index (χ2n) is 4.17. The van der Waals surface area contributed by atoms with Gasteiger partial charge in [0.05, 0.1) is 6.04 Å². The van der Waals surface area contributed by atoms with Gasteiger partial charge in [0, 0.05) is 25.9 Å². The van der Waals surface area contributed by atoms with Gasteiger partial charge >= 0.3 is 0 Å². The minimum atomic E-state index is 0.166. The fourth-order valence-corrected chi connectivity index (χ4v) is 2.25. The molecule has 80 valence electrons. The van der Waals surface area contributed by atoms with E-state index in [9.17, 15) is 4.79 Å². The number of likely N-dealkylation sites (tertiary alicyclic amines) is 1. The number of hydrogen-bond donors (Lipinski definition) is 0. The fraction of sp³-hybridized carbons (Fsp3) is 0.500. The van der Waals surface area contributed by atoms with Crippen molar-refractivity contribution in [2.75, 3.05) is 6.54 Å². The summed E-state index contributed by atoms with van der Waals surface area (Å²) >= 11 is 0. The highest BCUT2D eigenvalue weighted by atomic mass is 16.2. The Bertz CT molecular complexity index is 376. The van der Waals surface area contributed by atoms with Crippen LogP contribution in [0.4, 0.5) is 0 Å². The minimum Gasteiger partial charge on any atom is -0.336 e. The molecule has 0 radical (unpaired) electrons. The summed E-state index contributed by atoms with van der Waals surface area (Å²) < 4.78 is 0. The van der Waals surface area contributed by atoms with Crippen molar-refractivity contribution in [3.8, 4) is 0 Å². The second-order valence-corrected chi connectivity index (χ2v) is 4.17. The maximum Gasteiger partial charge on any atom is 0.219 e. The van der Waals surface area contributed by atoms with E-state index >= 15 is 0 Å². The highest BCUT2D eigenvalue weighted by molar-refractivity contribution is 5.74. The summed E-state index contributed by atoms with van der Waals surface area (Å²) in [5.41, 5.74) is 2.32. The molecule has 0 aliphatic carbocycles. The molecule has 1 fully saturated rings. The normalized spacial score (nSPS) is 20.7. The predicted molar refractivity (Wildman–Crippen MR) is 58.3 cm³/mol. The molecule has 3 heteroatoms. The van der Waals surface area contributed by atoms with Crippen molar-refractivity contribution in [3.05, 3.63) is 29.6 Å². The van der Waals surface area contributed by atoms with E-state index < -0.39 is 0 Å². The molecule has 15 heavy (non-hydrogen) atoms. The zero-order valence-electron chi connectivity index (χ0n) is 9.23. The Morgan fingerprint density at radius 3 is 3.00 bits per heavy atom. The van der Waals surface area contributed by atoms with Crippen LogP contribution < -0.4 is 0 Å². The van der Waals surface area contributed by atoms with Crippen LogP contribution in [0, 0.1) is 6.92 Å². The lowest BCUT2D eigenvalue weighted by atomic mass is 10.1. The highest BCUT2D eigenvalue weighted by Crippen LogP contribution is 2.31. The molecule has 1 atom stereocenters. The van der Waals surface area contributed by atoms with E-state index in [0.29, 0.717) is 0 Å². The van der Waals surface area contributed by atoms with Crippen molar-refractivity contribution in [2.24, 2.45) is 0 Å². The van der Waals surface area contributed by atoms with E-state index in [-0.39, 0.29) is 11.9 Å². The summed E-state index contributed by atoms with van der Waals surface area (Å²) in [4.78, 5) is 17.5. The van der Waals surface area contributed by atoms with Gasteiger partial charge in [-0.15, -0.1) is 0 Å². The molecule has 0 saturated carbocycles. The van der Waals surface area contributed by atoms with Crippen LogP contribution in [0.25, 0.3) is 0 Å². The third kappa shape index (κ3) is 2.01. The molecule has 2 heterocycles. The zero-order chi connectivity index (χ0) is 10.8. The Hall–Kier alpha value is -1.38. The van der Waals surface area contributed by atoms with Crippen LogP contribution in [0.1, 0.15) is 36.9 Å². The number of hydrogen-bond acceptors (Lipinski definition) is 2. The largest absolute Gasteiger partial charge is 0.336 e. The third-order valence-electron chi connectivity index (χ3n) is 2.94. The first kappa shape index (κ1) is 10.1. The van der Waals surface area contributed by atoms with Gasteiger partial charge in [0.25, 0.3) is 0 Å².